The van der Waals surface area contributed by atoms with Crippen LogP contribution in [0.1, 0.15) is 33.6 Å². The summed E-state index contributed by atoms with van der Waals surface area (Å²) in [4.78, 5) is 27.4. The molecule has 0 saturated carbocycles. The highest BCUT2D eigenvalue weighted by Crippen LogP contribution is 2.25. The van der Waals surface area contributed by atoms with Gasteiger partial charge in [-0.1, -0.05) is 54.1 Å². The maximum absolute atomic E-state index is 12.8. The van der Waals surface area contributed by atoms with Gasteiger partial charge in [0.25, 0.3) is 11.8 Å². The third-order valence-corrected chi connectivity index (χ3v) is 5.34. The number of likely N-dealkylation sites (tertiary alicyclic amines) is 1. The van der Waals surface area contributed by atoms with Crippen LogP contribution in [0.3, 0.4) is 0 Å². The summed E-state index contributed by atoms with van der Waals surface area (Å²) < 4.78 is 0. The smallest absolute Gasteiger partial charge is 0.255 e. The molecule has 29 heavy (non-hydrogen) atoms. The molecule has 5 heteroatoms. The maximum atomic E-state index is 12.8. The first-order valence-corrected chi connectivity index (χ1v) is 10.1. The summed E-state index contributed by atoms with van der Waals surface area (Å²) in [5.74, 6) is -0.351. The lowest BCUT2D eigenvalue weighted by Crippen LogP contribution is -2.28. The third-order valence-electron chi connectivity index (χ3n) is 5.11. The fraction of sp³-hybridized carbons (Fsp3) is 0.167. The first kappa shape index (κ1) is 19.2. The molecule has 0 unspecified atom stereocenters. The summed E-state index contributed by atoms with van der Waals surface area (Å²) in [7, 11) is 0. The molecule has 1 heterocycles. The highest BCUT2D eigenvalue weighted by molar-refractivity contribution is 6.31. The Morgan fingerprint density at radius 2 is 1.48 bits per heavy atom. The molecule has 3 aromatic carbocycles. The molecule has 0 radical (unpaired) electrons. The van der Waals surface area contributed by atoms with E-state index in [4.69, 9.17) is 11.6 Å². The average Bonchev–Trinajstić information content (AvgIpc) is 3.29. The quantitative estimate of drug-likeness (QED) is 0.624. The van der Waals surface area contributed by atoms with Crippen molar-refractivity contribution in [1.82, 2.24) is 4.90 Å². The first-order chi connectivity index (χ1) is 14.1. The van der Waals surface area contributed by atoms with E-state index >= 15 is 0 Å². The summed E-state index contributed by atoms with van der Waals surface area (Å²) in [5, 5.41) is 3.33. The van der Waals surface area contributed by atoms with Gasteiger partial charge in [0.2, 0.25) is 0 Å². The molecule has 0 aromatic heterocycles. The van der Waals surface area contributed by atoms with Gasteiger partial charge in [-0.3, -0.25) is 9.59 Å². The average molecular weight is 405 g/mol. The van der Waals surface area contributed by atoms with E-state index in [9.17, 15) is 9.59 Å². The van der Waals surface area contributed by atoms with Crippen molar-refractivity contribution in [3.8, 4) is 11.1 Å². The highest BCUT2D eigenvalue weighted by atomic mass is 35.5. The second-order valence-electron chi connectivity index (χ2n) is 7.09. The van der Waals surface area contributed by atoms with Crippen LogP contribution in [0.4, 0.5) is 5.69 Å². The van der Waals surface area contributed by atoms with Crippen molar-refractivity contribution in [2.45, 2.75) is 12.8 Å². The summed E-state index contributed by atoms with van der Waals surface area (Å²) >= 11 is 6.12. The van der Waals surface area contributed by atoms with Crippen LogP contribution in [0.25, 0.3) is 11.1 Å². The van der Waals surface area contributed by atoms with E-state index in [1.165, 1.54) is 0 Å². The van der Waals surface area contributed by atoms with E-state index in [2.05, 4.69) is 5.32 Å². The van der Waals surface area contributed by atoms with Gasteiger partial charge in [-0.15, -0.1) is 0 Å². The number of carbonyl (C=O) groups excluding carboxylic acids is 2. The van der Waals surface area contributed by atoms with Gasteiger partial charge in [-0.25, -0.2) is 0 Å². The van der Waals surface area contributed by atoms with Crippen LogP contribution >= 0.6 is 11.6 Å². The molecule has 1 aliphatic heterocycles. The normalized spacial score (nSPS) is 13.3. The zero-order valence-corrected chi connectivity index (χ0v) is 16.7. The number of carbonyl (C=O) groups is 2. The fourth-order valence-corrected chi connectivity index (χ4v) is 3.71. The minimum atomic E-state index is -0.276. The summed E-state index contributed by atoms with van der Waals surface area (Å²) in [5.41, 5.74) is 3.55. The zero-order valence-electron chi connectivity index (χ0n) is 15.9. The van der Waals surface area contributed by atoms with Gasteiger partial charge in [-0.05, 0) is 54.3 Å². The van der Waals surface area contributed by atoms with Crippen LogP contribution in [0.2, 0.25) is 5.02 Å². The number of nitrogens with zero attached hydrogens (tertiary/aromatic N) is 1. The second-order valence-corrected chi connectivity index (χ2v) is 7.52. The Balaban J connectivity index is 1.55. The number of amides is 2. The topological polar surface area (TPSA) is 49.4 Å². The van der Waals surface area contributed by atoms with Crippen LogP contribution in [-0.4, -0.2) is 29.8 Å². The summed E-state index contributed by atoms with van der Waals surface area (Å²) in [6.45, 7) is 1.49. The van der Waals surface area contributed by atoms with Gasteiger partial charge >= 0.3 is 0 Å². The van der Waals surface area contributed by atoms with Crippen LogP contribution in [0.5, 0.6) is 0 Å². The standard InChI is InChI=1S/C24H21ClN2O2/c25-20-12-13-21(24(29)27-14-4-5-15-27)22(16-20)26-23(28)19-10-8-18(9-11-19)17-6-2-1-3-7-17/h1-3,6-13,16H,4-5,14-15H2,(H,26,28). The van der Waals surface area contributed by atoms with Gasteiger partial charge in [0.1, 0.15) is 0 Å². The largest absolute Gasteiger partial charge is 0.339 e. The van der Waals surface area contributed by atoms with Gasteiger partial charge < -0.3 is 10.2 Å². The van der Waals surface area contributed by atoms with Gasteiger partial charge in [-0.2, -0.15) is 0 Å². The number of benzene rings is 3. The third kappa shape index (κ3) is 4.33. The minimum Gasteiger partial charge on any atom is -0.339 e. The van der Waals surface area contributed by atoms with Crippen molar-refractivity contribution in [3.63, 3.8) is 0 Å². The van der Waals surface area contributed by atoms with Crippen molar-refractivity contribution in [3.05, 3.63) is 88.9 Å². The molecule has 0 bridgehead atoms. The zero-order chi connectivity index (χ0) is 20.2. The number of hydrogen-bond donors (Lipinski definition) is 1. The van der Waals surface area contributed by atoms with Crippen molar-refractivity contribution in [2.24, 2.45) is 0 Å². The number of halogens is 1. The van der Waals surface area contributed by atoms with E-state index in [-0.39, 0.29) is 11.8 Å². The second kappa shape index (κ2) is 8.50. The Morgan fingerprint density at radius 1 is 0.828 bits per heavy atom. The lowest BCUT2D eigenvalue weighted by molar-refractivity contribution is 0.0794. The molecule has 0 spiro atoms. The Kier molecular flexibility index (Phi) is 5.63. The Labute approximate surface area is 175 Å². The summed E-state index contributed by atoms with van der Waals surface area (Å²) in [6.07, 6.45) is 2.02. The number of rotatable bonds is 4. The van der Waals surface area contributed by atoms with Crippen LogP contribution in [0, 0.1) is 0 Å². The maximum Gasteiger partial charge on any atom is 0.255 e. The molecule has 1 aliphatic rings. The fourth-order valence-electron chi connectivity index (χ4n) is 3.54. The molecule has 3 aromatic rings. The molecular weight excluding hydrogens is 384 g/mol. The molecular formula is C24H21ClN2O2. The van der Waals surface area contributed by atoms with E-state index < -0.39 is 0 Å². The Hall–Kier alpha value is -3.11. The Morgan fingerprint density at radius 3 is 2.17 bits per heavy atom. The van der Waals surface area contributed by atoms with Crippen LogP contribution in [0.15, 0.2) is 72.8 Å². The number of hydrogen-bond acceptors (Lipinski definition) is 2. The van der Waals surface area contributed by atoms with E-state index in [0.29, 0.717) is 21.8 Å². The predicted molar refractivity (Wildman–Crippen MR) is 116 cm³/mol. The van der Waals surface area contributed by atoms with E-state index in [0.717, 1.165) is 37.1 Å². The Bertz CT molecular complexity index is 1030. The van der Waals surface area contributed by atoms with E-state index in [1.807, 2.05) is 47.4 Å². The van der Waals surface area contributed by atoms with Gasteiger partial charge in [0, 0.05) is 23.7 Å². The molecule has 4 rings (SSSR count). The monoisotopic (exact) mass is 404 g/mol. The first-order valence-electron chi connectivity index (χ1n) is 9.67. The molecule has 1 fully saturated rings. The molecule has 4 nitrogen and oxygen atoms in total. The van der Waals surface area contributed by atoms with Gasteiger partial charge in [0.15, 0.2) is 0 Å². The predicted octanol–water partition coefficient (Wildman–Crippen LogP) is 5.50. The SMILES string of the molecule is O=C(Nc1cc(Cl)ccc1C(=O)N1CCCC1)c1ccc(-c2ccccc2)cc1. The van der Waals surface area contributed by atoms with Gasteiger partial charge in [0.05, 0.1) is 11.3 Å². The molecule has 1 saturated heterocycles. The number of anilines is 1. The highest BCUT2D eigenvalue weighted by Gasteiger charge is 2.23. The van der Waals surface area contributed by atoms with Crippen molar-refractivity contribution in [2.75, 3.05) is 18.4 Å². The molecule has 1 N–H and O–H groups in total. The molecule has 0 aliphatic carbocycles. The van der Waals surface area contributed by atoms with Crippen molar-refractivity contribution >= 4 is 29.1 Å². The summed E-state index contributed by atoms with van der Waals surface area (Å²) in [6, 6.07) is 22.4. The van der Waals surface area contributed by atoms with E-state index in [1.54, 1.807) is 30.3 Å². The van der Waals surface area contributed by atoms with Crippen molar-refractivity contribution in [1.29, 1.82) is 0 Å². The molecule has 2 amide bonds. The number of nitrogens with one attached hydrogen (secondary N) is 1. The van der Waals surface area contributed by atoms with Crippen LogP contribution in [-0.2, 0) is 0 Å². The molecule has 0 atom stereocenters. The molecule has 146 valence electrons. The van der Waals surface area contributed by atoms with Crippen LogP contribution < -0.4 is 5.32 Å². The lowest BCUT2D eigenvalue weighted by atomic mass is 10.0. The lowest BCUT2D eigenvalue weighted by Gasteiger charge is -2.18. The minimum absolute atomic E-state index is 0.0751. The van der Waals surface area contributed by atoms with Crippen molar-refractivity contribution < 1.29 is 9.59 Å².